The van der Waals surface area contributed by atoms with Crippen LogP contribution in [0.15, 0.2) is 24.3 Å². The van der Waals surface area contributed by atoms with Crippen LogP contribution in [0.3, 0.4) is 0 Å². The number of ether oxygens (including phenoxy) is 2. The third-order valence-corrected chi connectivity index (χ3v) is 4.78. The summed E-state index contributed by atoms with van der Waals surface area (Å²) in [5, 5.41) is 0. The molecule has 1 aliphatic rings. The van der Waals surface area contributed by atoms with Crippen LogP contribution in [0.5, 0.6) is 0 Å². The lowest BCUT2D eigenvalue weighted by Crippen LogP contribution is -2.28. The van der Waals surface area contributed by atoms with Crippen LogP contribution < -0.4 is 0 Å². The van der Waals surface area contributed by atoms with Crippen molar-refractivity contribution in [1.29, 1.82) is 0 Å². The average molecular weight is 346 g/mol. The first-order chi connectivity index (χ1) is 12.0. The van der Waals surface area contributed by atoms with E-state index in [2.05, 4.69) is 20.8 Å². The molecule has 138 valence electrons. The van der Waals surface area contributed by atoms with Gasteiger partial charge in [-0.1, -0.05) is 33.3 Å². The highest BCUT2D eigenvalue weighted by Gasteiger charge is 2.25. The highest BCUT2D eigenvalue weighted by molar-refractivity contribution is 5.95. The summed E-state index contributed by atoms with van der Waals surface area (Å²) >= 11 is 0. The lowest BCUT2D eigenvalue weighted by Gasteiger charge is -2.28. The van der Waals surface area contributed by atoms with Gasteiger partial charge >= 0.3 is 11.9 Å². The summed E-state index contributed by atoms with van der Waals surface area (Å²) in [5.41, 5.74) is 0.810. The molecule has 0 N–H and O–H groups in total. The molecule has 0 heterocycles. The highest BCUT2D eigenvalue weighted by atomic mass is 16.5. The van der Waals surface area contributed by atoms with E-state index in [9.17, 15) is 9.59 Å². The molecule has 25 heavy (non-hydrogen) atoms. The molecule has 0 saturated heterocycles. The van der Waals surface area contributed by atoms with Crippen molar-refractivity contribution in [3.63, 3.8) is 0 Å². The van der Waals surface area contributed by atoms with Crippen molar-refractivity contribution in [3.8, 4) is 0 Å². The zero-order valence-electron chi connectivity index (χ0n) is 15.6. The maximum Gasteiger partial charge on any atom is 0.338 e. The molecule has 4 nitrogen and oxygen atoms in total. The molecular formula is C21H30O4. The van der Waals surface area contributed by atoms with Gasteiger partial charge in [-0.3, -0.25) is 0 Å². The van der Waals surface area contributed by atoms with Crippen LogP contribution in [-0.2, 0) is 9.47 Å². The van der Waals surface area contributed by atoms with Gasteiger partial charge in [-0.2, -0.15) is 0 Å². The van der Waals surface area contributed by atoms with Gasteiger partial charge in [0.2, 0.25) is 0 Å². The average Bonchev–Trinajstić information content (AvgIpc) is 2.60. The van der Waals surface area contributed by atoms with E-state index in [1.54, 1.807) is 24.3 Å². The third-order valence-electron chi connectivity index (χ3n) is 4.78. The Morgan fingerprint density at radius 3 is 2.48 bits per heavy atom. The fourth-order valence-corrected chi connectivity index (χ4v) is 3.18. The number of rotatable bonds is 7. The molecule has 0 radical (unpaired) electrons. The van der Waals surface area contributed by atoms with Crippen molar-refractivity contribution in [3.05, 3.63) is 35.4 Å². The first-order valence-corrected chi connectivity index (χ1v) is 9.45. The first kappa shape index (κ1) is 19.5. The number of hydrogen-bond acceptors (Lipinski definition) is 4. The quantitative estimate of drug-likeness (QED) is 0.514. The molecule has 1 fully saturated rings. The second-order valence-electron chi connectivity index (χ2n) is 7.46. The van der Waals surface area contributed by atoms with Gasteiger partial charge in [0.15, 0.2) is 0 Å². The lowest BCUT2D eigenvalue weighted by molar-refractivity contribution is 0.00481. The van der Waals surface area contributed by atoms with Crippen LogP contribution in [0.1, 0.15) is 80.0 Å². The van der Waals surface area contributed by atoms with Gasteiger partial charge in [0.25, 0.3) is 0 Å². The molecule has 1 aliphatic carbocycles. The molecule has 1 aromatic carbocycles. The van der Waals surface area contributed by atoms with Gasteiger partial charge in [-0.05, 0) is 62.1 Å². The van der Waals surface area contributed by atoms with Crippen molar-refractivity contribution < 1.29 is 19.1 Å². The molecule has 0 spiro atoms. The Bertz CT molecular complexity index is 579. The summed E-state index contributed by atoms with van der Waals surface area (Å²) < 4.78 is 10.9. The zero-order chi connectivity index (χ0) is 18.2. The molecule has 4 heteroatoms. The summed E-state index contributed by atoms with van der Waals surface area (Å²) in [6.45, 7) is 6.82. The van der Waals surface area contributed by atoms with E-state index in [1.165, 1.54) is 6.42 Å². The summed E-state index contributed by atoms with van der Waals surface area (Å²) in [4.78, 5) is 24.5. The Labute approximate surface area is 150 Å². The van der Waals surface area contributed by atoms with Crippen molar-refractivity contribution in [2.24, 2.45) is 11.8 Å². The fourth-order valence-electron chi connectivity index (χ4n) is 3.18. The minimum absolute atomic E-state index is 0.0205. The maximum absolute atomic E-state index is 12.4. The molecule has 1 saturated carbocycles. The highest BCUT2D eigenvalue weighted by Crippen LogP contribution is 2.27. The molecule has 0 amide bonds. The second kappa shape index (κ2) is 9.59. The largest absolute Gasteiger partial charge is 0.462 e. The molecule has 0 aliphatic heterocycles. The Kier molecular flexibility index (Phi) is 7.48. The predicted octanol–water partition coefficient (Wildman–Crippen LogP) is 5.02. The predicted molar refractivity (Wildman–Crippen MR) is 97.6 cm³/mol. The van der Waals surface area contributed by atoms with E-state index in [0.717, 1.165) is 32.1 Å². The minimum atomic E-state index is -0.385. The number of esters is 2. The molecule has 2 rings (SSSR count). The van der Waals surface area contributed by atoms with E-state index in [1.807, 2.05) is 0 Å². The van der Waals surface area contributed by atoms with E-state index >= 15 is 0 Å². The smallest absolute Gasteiger partial charge is 0.338 e. The van der Waals surface area contributed by atoms with Crippen LogP contribution in [0, 0.1) is 11.8 Å². The number of hydrogen-bond donors (Lipinski definition) is 0. The summed E-state index contributed by atoms with van der Waals surface area (Å²) in [7, 11) is 0. The van der Waals surface area contributed by atoms with Gasteiger partial charge < -0.3 is 9.47 Å². The molecular weight excluding hydrogens is 316 g/mol. The number of benzene rings is 1. The standard InChI is InChI=1S/C21H30O4/c1-15(2)8-7-13-24-20(22)17-10-6-11-18(14-17)21(23)25-19-12-5-4-9-16(19)3/h6,10-11,14-16,19H,4-5,7-9,12-13H2,1-3H3. The normalized spacial score (nSPS) is 20.3. The van der Waals surface area contributed by atoms with Crippen LogP contribution in [-0.4, -0.2) is 24.6 Å². The van der Waals surface area contributed by atoms with Crippen LogP contribution in [0.4, 0.5) is 0 Å². The lowest BCUT2D eigenvalue weighted by atomic mass is 9.88. The van der Waals surface area contributed by atoms with Crippen molar-refractivity contribution >= 4 is 11.9 Å². The SMILES string of the molecule is CC(C)CCCOC(=O)c1cccc(C(=O)OC2CCCCC2C)c1. The van der Waals surface area contributed by atoms with Crippen molar-refractivity contribution in [2.75, 3.05) is 6.61 Å². The van der Waals surface area contributed by atoms with E-state index in [4.69, 9.17) is 9.47 Å². The minimum Gasteiger partial charge on any atom is -0.462 e. The fraction of sp³-hybridized carbons (Fsp3) is 0.619. The van der Waals surface area contributed by atoms with Crippen LogP contribution in [0.2, 0.25) is 0 Å². The Morgan fingerprint density at radius 2 is 1.80 bits per heavy atom. The monoisotopic (exact) mass is 346 g/mol. The number of carbonyl (C=O) groups is 2. The second-order valence-corrected chi connectivity index (χ2v) is 7.46. The Hall–Kier alpha value is -1.84. The zero-order valence-corrected chi connectivity index (χ0v) is 15.6. The molecule has 0 aromatic heterocycles. The van der Waals surface area contributed by atoms with E-state index in [-0.39, 0.29) is 18.0 Å². The third kappa shape index (κ3) is 6.18. The summed E-state index contributed by atoms with van der Waals surface area (Å²) in [6, 6.07) is 6.63. The van der Waals surface area contributed by atoms with Crippen LogP contribution in [0.25, 0.3) is 0 Å². The van der Waals surface area contributed by atoms with Gasteiger partial charge in [0.1, 0.15) is 6.10 Å². The topological polar surface area (TPSA) is 52.6 Å². The van der Waals surface area contributed by atoms with Crippen molar-refractivity contribution in [1.82, 2.24) is 0 Å². The van der Waals surface area contributed by atoms with Crippen LogP contribution >= 0.6 is 0 Å². The first-order valence-electron chi connectivity index (χ1n) is 9.45. The van der Waals surface area contributed by atoms with Gasteiger partial charge in [-0.25, -0.2) is 9.59 Å². The molecule has 2 atom stereocenters. The van der Waals surface area contributed by atoms with E-state index < -0.39 is 0 Å². The Morgan fingerprint density at radius 1 is 1.12 bits per heavy atom. The van der Waals surface area contributed by atoms with Gasteiger partial charge in [-0.15, -0.1) is 0 Å². The Balaban J connectivity index is 1.90. The van der Waals surface area contributed by atoms with Gasteiger partial charge in [0.05, 0.1) is 17.7 Å². The molecule has 0 bridgehead atoms. The summed E-state index contributed by atoms with van der Waals surface area (Å²) in [6.07, 6.45) is 6.18. The molecule has 2 unspecified atom stereocenters. The van der Waals surface area contributed by atoms with E-state index in [0.29, 0.717) is 29.6 Å². The van der Waals surface area contributed by atoms with Gasteiger partial charge in [0, 0.05) is 0 Å². The summed E-state index contributed by atoms with van der Waals surface area (Å²) in [5.74, 6) is 0.253. The van der Waals surface area contributed by atoms with Crippen molar-refractivity contribution in [2.45, 2.75) is 65.4 Å². The number of carbonyl (C=O) groups excluding carboxylic acids is 2. The molecule has 1 aromatic rings. The maximum atomic E-state index is 12.4.